The van der Waals surface area contributed by atoms with Crippen molar-refractivity contribution in [2.75, 3.05) is 22.1 Å². The van der Waals surface area contributed by atoms with Gasteiger partial charge in [-0.2, -0.15) is 0 Å². The first kappa shape index (κ1) is 52.8. The van der Waals surface area contributed by atoms with Crippen LogP contribution in [-0.2, 0) is 32.0 Å². The molecule has 2 unspecified atom stereocenters. The van der Waals surface area contributed by atoms with Crippen molar-refractivity contribution in [3.8, 4) is 11.5 Å². The fraction of sp³-hybridized carbons (Fsp3) is 0.273. The lowest BCUT2D eigenvalue weighted by molar-refractivity contribution is -0.275. The van der Waals surface area contributed by atoms with E-state index in [2.05, 4.69) is 20.1 Å². The Morgan fingerprint density at radius 3 is 1.36 bits per heavy atom. The number of anilines is 2. The zero-order chi connectivity index (χ0) is 48.8. The van der Waals surface area contributed by atoms with Gasteiger partial charge in [0.15, 0.2) is 11.6 Å². The summed E-state index contributed by atoms with van der Waals surface area (Å²) in [5.41, 5.74) is 1.23. The summed E-state index contributed by atoms with van der Waals surface area (Å²) < 4.78 is 81.6. The largest absolute Gasteiger partial charge is 0.573 e. The Hall–Kier alpha value is -5.84. The van der Waals surface area contributed by atoms with Gasteiger partial charge in [-0.05, 0) is 85.5 Å². The van der Waals surface area contributed by atoms with Crippen LogP contribution in [0.25, 0.3) is 0 Å². The van der Waals surface area contributed by atoms with Gasteiger partial charge in [0.05, 0.1) is 22.6 Å². The van der Waals surface area contributed by atoms with E-state index < -0.39 is 70.0 Å². The summed E-state index contributed by atoms with van der Waals surface area (Å²) in [6.45, 7) is 5.46. The number of aryl methyl sites for hydroxylation is 2. The van der Waals surface area contributed by atoms with Crippen molar-refractivity contribution < 1.29 is 74.8 Å². The number of carbonyl (C=O) groups is 6. The second-order valence-corrected chi connectivity index (χ2v) is 18.1. The van der Waals surface area contributed by atoms with E-state index in [1.807, 2.05) is 13.8 Å². The van der Waals surface area contributed by atoms with E-state index in [9.17, 15) is 60.2 Å². The molecule has 0 fully saturated rings. The van der Waals surface area contributed by atoms with Gasteiger partial charge in [-0.3, -0.25) is 28.8 Å². The van der Waals surface area contributed by atoms with E-state index in [1.54, 1.807) is 49.4 Å². The number of nitrogens with one attached hydrogen (secondary N) is 2. The Bertz CT molecular complexity index is 2480. The predicted octanol–water partition coefficient (Wildman–Crippen LogP) is 10.9. The summed E-state index contributed by atoms with van der Waals surface area (Å²) in [4.78, 5) is 75.2. The van der Waals surface area contributed by atoms with Gasteiger partial charge in [0.25, 0.3) is 0 Å². The molecule has 0 aliphatic rings. The molecule has 2 atom stereocenters. The zero-order valence-corrected chi connectivity index (χ0v) is 38.2. The van der Waals surface area contributed by atoms with Crippen LogP contribution in [0.1, 0.15) is 79.6 Å². The number of aliphatic carboxylic acids is 2. The number of carboxylic acid groups (broad SMARTS) is 2. The Kier molecular flexibility index (Phi) is 19.3. The van der Waals surface area contributed by atoms with Crippen LogP contribution >= 0.6 is 46.2 Å². The van der Waals surface area contributed by atoms with E-state index in [0.29, 0.717) is 34.8 Å². The molecule has 4 N–H and O–H groups in total. The lowest BCUT2D eigenvalue weighted by Crippen LogP contribution is -2.21. The van der Waals surface area contributed by atoms with E-state index >= 15 is 0 Å². The third kappa shape index (κ3) is 16.2. The third-order valence-electron chi connectivity index (χ3n) is 8.73. The third-order valence-corrected chi connectivity index (χ3v) is 13.7. The summed E-state index contributed by atoms with van der Waals surface area (Å²) in [6, 6.07) is 20.8. The Balaban J connectivity index is 0.000000291. The van der Waals surface area contributed by atoms with Gasteiger partial charge in [0.2, 0.25) is 11.8 Å². The molecule has 5 aromatic rings. The molecule has 22 heteroatoms. The molecule has 0 aliphatic carbocycles. The topological polar surface area (TPSA) is 185 Å². The molecule has 2 heterocycles. The molecule has 0 saturated heterocycles. The molecule has 352 valence electrons. The molecule has 66 heavy (non-hydrogen) atoms. The van der Waals surface area contributed by atoms with E-state index in [1.165, 1.54) is 46.9 Å². The monoisotopic (exact) mass is 998 g/mol. The number of alkyl halides is 6. The highest BCUT2D eigenvalue weighted by molar-refractivity contribution is 8.01. The maximum atomic E-state index is 13.0. The molecule has 0 bridgehead atoms. The highest BCUT2D eigenvalue weighted by atomic mass is 32.2. The number of thioether (sulfide) groups is 2. The molecular formula is C44H40F6N2O10S4. The van der Waals surface area contributed by atoms with Crippen LogP contribution in [0.5, 0.6) is 11.5 Å². The quantitative estimate of drug-likeness (QED) is 0.0428. The Labute approximate surface area is 390 Å². The molecular weight excluding hydrogens is 959 g/mol. The number of thiophene rings is 2. The van der Waals surface area contributed by atoms with E-state index in [4.69, 9.17) is 5.11 Å². The molecule has 2 amide bonds. The number of rotatable bonds is 20. The van der Waals surface area contributed by atoms with Gasteiger partial charge in [0, 0.05) is 20.9 Å². The van der Waals surface area contributed by atoms with Crippen LogP contribution in [0.15, 0.2) is 91.0 Å². The number of benzene rings is 3. The van der Waals surface area contributed by atoms with Gasteiger partial charge >= 0.3 is 24.7 Å². The van der Waals surface area contributed by atoms with Crippen molar-refractivity contribution in [3.05, 3.63) is 129 Å². The number of ether oxygens (including phenoxy) is 2. The highest BCUT2D eigenvalue weighted by Gasteiger charge is 2.32. The lowest BCUT2D eigenvalue weighted by atomic mass is 10.0. The minimum absolute atomic E-state index is 0.0960. The summed E-state index contributed by atoms with van der Waals surface area (Å²) >= 11 is 4.35. The predicted molar refractivity (Wildman–Crippen MR) is 241 cm³/mol. The van der Waals surface area contributed by atoms with Gasteiger partial charge in [-0.15, -0.1) is 72.5 Å². The lowest BCUT2D eigenvalue weighted by Gasteiger charge is -2.12. The zero-order valence-electron chi connectivity index (χ0n) is 34.9. The molecule has 0 spiro atoms. The normalized spacial score (nSPS) is 12.2. The van der Waals surface area contributed by atoms with Crippen molar-refractivity contribution in [2.45, 2.75) is 63.3 Å². The first-order valence-corrected chi connectivity index (χ1v) is 23.2. The molecule has 0 saturated carbocycles. The van der Waals surface area contributed by atoms with Crippen LogP contribution in [0.2, 0.25) is 0 Å². The number of ketones is 2. The number of hydrogen-bond donors (Lipinski definition) is 4. The van der Waals surface area contributed by atoms with Crippen LogP contribution in [0, 0.1) is 0 Å². The van der Waals surface area contributed by atoms with Gasteiger partial charge in [-0.25, -0.2) is 0 Å². The molecule has 0 aliphatic heterocycles. The summed E-state index contributed by atoms with van der Waals surface area (Å²) in [7, 11) is 0. The van der Waals surface area contributed by atoms with E-state index in [-0.39, 0.29) is 33.8 Å². The average molecular weight is 999 g/mol. The van der Waals surface area contributed by atoms with Crippen LogP contribution < -0.4 is 20.1 Å². The van der Waals surface area contributed by atoms with Gasteiger partial charge < -0.3 is 30.3 Å². The second kappa shape index (κ2) is 24.1. The fourth-order valence-electron chi connectivity index (χ4n) is 5.65. The van der Waals surface area contributed by atoms with Crippen LogP contribution in [0.3, 0.4) is 0 Å². The Morgan fingerprint density at radius 2 is 1.02 bits per heavy atom. The van der Waals surface area contributed by atoms with Crippen molar-refractivity contribution >= 4 is 91.5 Å². The SMILES string of the molecule is CCc1cc(C(=O)c2ccc(OC(F)(F)F)cc2)c(NC(=O)CSC(C(=O)O)c2ccccc2)s1.CCc1cc(C(=O)c2ccc(OC(F)(F)F)cc2)c(NC(=O)CSC(CC)C(=O)O)s1. The smallest absolute Gasteiger partial charge is 0.480 e. The van der Waals surface area contributed by atoms with Crippen molar-refractivity contribution in [1.82, 2.24) is 0 Å². The second-order valence-electron chi connectivity index (χ2n) is 13.5. The minimum atomic E-state index is -4.84. The first-order valence-electron chi connectivity index (χ1n) is 19.5. The van der Waals surface area contributed by atoms with E-state index in [0.717, 1.165) is 57.5 Å². The molecule has 2 aromatic heterocycles. The van der Waals surface area contributed by atoms with Crippen LogP contribution in [0.4, 0.5) is 36.3 Å². The number of halogens is 6. The summed E-state index contributed by atoms with van der Waals surface area (Å²) in [5.74, 6) is -5.11. The standard InChI is InChI=1S/C24H20F3NO5S2.C20H20F3NO5S2/c1-2-17-12-18(20(30)14-8-10-16(11-9-14)33-24(25,26)27)22(35-17)28-19(29)13-34-21(23(31)32)15-6-4-3-5-7-15;1-3-13-9-14(17(26)11-5-7-12(8-6-11)29-20(21,22)23)18(31-13)24-16(25)10-30-15(4-2)19(27)28/h3-12,21H,2,13H2,1H3,(H,28,29)(H,31,32);5-9,15H,3-4,10H2,1-2H3,(H,24,25)(H,27,28). The van der Waals surface area contributed by atoms with Crippen molar-refractivity contribution in [3.63, 3.8) is 0 Å². The minimum Gasteiger partial charge on any atom is -0.480 e. The summed E-state index contributed by atoms with van der Waals surface area (Å²) in [6.07, 6.45) is -8.09. The van der Waals surface area contributed by atoms with Crippen molar-refractivity contribution in [1.29, 1.82) is 0 Å². The van der Waals surface area contributed by atoms with Crippen molar-refractivity contribution in [2.24, 2.45) is 0 Å². The Morgan fingerprint density at radius 1 is 0.606 bits per heavy atom. The highest BCUT2D eigenvalue weighted by Crippen LogP contribution is 2.35. The number of amides is 2. The van der Waals surface area contributed by atoms with Gasteiger partial charge in [-0.1, -0.05) is 51.1 Å². The summed E-state index contributed by atoms with van der Waals surface area (Å²) in [5, 5.41) is 22.9. The first-order chi connectivity index (χ1) is 31.1. The molecule has 3 aromatic carbocycles. The maximum absolute atomic E-state index is 13.0. The molecule has 0 radical (unpaired) electrons. The number of carboxylic acids is 2. The average Bonchev–Trinajstić information content (AvgIpc) is 3.86. The maximum Gasteiger partial charge on any atom is 0.573 e. The number of hydrogen-bond acceptors (Lipinski definition) is 12. The molecule has 12 nitrogen and oxygen atoms in total. The number of carbonyl (C=O) groups excluding carboxylic acids is 4. The fourth-order valence-corrected chi connectivity index (χ4v) is 9.35. The molecule has 5 rings (SSSR count). The van der Waals surface area contributed by atoms with Gasteiger partial charge in [0.1, 0.15) is 32.0 Å². The van der Waals surface area contributed by atoms with Crippen LogP contribution in [-0.4, -0.2) is 75.0 Å².